The summed E-state index contributed by atoms with van der Waals surface area (Å²) < 4.78 is 0. The summed E-state index contributed by atoms with van der Waals surface area (Å²) >= 11 is 1.80. The number of rotatable bonds is 5. The Morgan fingerprint density at radius 1 is 1.70 bits per heavy atom. The average molecular weight is 160 g/mol. The molecule has 0 aromatic rings. The molecule has 0 fully saturated rings. The van der Waals surface area contributed by atoms with Gasteiger partial charge in [0, 0.05) is 12.6 Å². The molecular formula is C7H16N2S. The van der Waals surface area contributed by atoms with Crippen molar-refractivity contribution in [1.29, 1.82) is 0 Å². The van der Waals surface area contributed by atoms with Crippen LogP contribution in [0.1, 0.15) is 6.42 Å². The van der Waals surface area contributed by atoms with Crippen molar-refractivity contribution in [1.82, 2.24) is 0 Å². The molecule has 0 aromatic carbocycles. The molecule has 0 saturated heterocycles. The first-order valence-electron chi connectivity index (χ1n) is 3.34. The predicted octanol–water partition coefficient (Wildman–Crippen LogP) is 0.582. The fourth-order valence-corrected chi connectivity index (χ4v) is 1.09. The summed E-state index contributed by atoms with van der Waals surface area (Å²) in [6.07, 6.45) is 3.05. The van der Waals surface area contributed by atoms with Gasteiger partial charge >= 0.3 is 0 Å². The van der Waals surface area contributed by atoms with Gasteiger partial charge in [-0.05, 0) is 24.0 Å². The Bertz CT molecular complexity index is 104. The minimum atomic E-state index is 0.0949. The molecule has 3 heteroatoms. The van der Waals surface area contributed by atoms with Gasteiger partial charge in [-0.3, -0.25) is 0 Å². The van der Waals surface area contributed by atoms with E-state index in [1.807, 2.05) is 0 Å². The Labute approximate surface area is 67.0 Å². The van der Waals surface area contributed by atoms with Crippen LogP contribution in [-0.2, 0) is 0 Å². The van der Waals surface area contributed by atoms with Crippen molar-refractivity contribution >= 4 is 11.8 Å². The summed E-state index contributed by atoms with van der Waals surface area (Å²) in [4.78, 5) is 0. The standard InChI is InChI=1S/C7H16N2S/c1-6(5-8)7(9)3-4-10-2/h7H,1,3-5,8-9H2,2H3/t7-/m0/s1. The molecule has 0 rings (SSSR count). The summed E-state index contributed by atoms with van der Waals surface area (Å²) in [5.41, 5.74) is 12.0. The summed E-state index contributed by atoms with van der Waals surface area (Å²) in [6.45, 7) is 4.28. The normalized spacial score (nSPS) is 13.1. The fraction of sp³-hybridized carbons (Fsp3) is 0.714. The van der Waals surface area contributed by atoms with Gasteiger partial charge in [-0.1, -0.05) is 6.58 Å². The summed E-state index contributed by atoms with van der Waals surface area (Å²) in [6, 6.07) is 0.0949. The third-order valence-corrected chi connectivity index (χ3v) is 2.06. The highest BCUT2D eigenvalue weighted by molar-refractivity contribution is 7.98. The van der Waals surface area contributed by atoms with E-state index >= 15 is 0 Å². The highest BCUT2D eigenvalue weighted by Crippen LogP contribution is 2.03. The Hall–Kier alpha value is 0.0100. The first-order chi connectivity index (χ1) is 4.72. The molecule has 0 aliphatic rings. The van der Waals surface area contributed by atoms with Crippen LogP contribution in [0.2, 0.25) is 0 Å². The van der Waals surface area contributed by atoms with E-state index in [-0.39, 0.29) is 6.04 Å². The summed E-state index contributed by atoms with van der Waals surface area (Å²) in [7, 11) is 0. The van der Waals surface area contributed by atoms with Gasteiger partial charge < -0.3 is 11.5 Å². The largest absolute Gasteiger partial charge is 0.327 e. The number of hydrogen-bond acceptors (Lipinski definition) is 3. The van der Waals surface area contributed by atoms with Gasteiger partial charge in [-0.15, -0.1) is 0 Å². The highest BCUT2D eigenvalue weighted by Gasteiger charge is 2.03. The molecule has 0 aliphatic heterocycles. The monoisotopic (exact) mass is 160 g/mol. The Morgan fingerprint density at radius 3 is 2.70 bits per heavy atom. The van der Waals surface area contributed by atoms with Crippen molar-refractivity contribution in [2.75, 3.05) is 18.6 Å². The zero-order valence-electron chi connectivity index (χ0n) is 6.47. The van der Waals surface area contributed by atoms with Gasteiger partial charge in [-0.25, -0.2) is 0 Å². The van der Waals surface area contributed by atoms with E-state index < -0.39 is 0 Å². The molecule has 0 saturated carbocycles. The number of nitrogens with two attached hydrogens (primary N) is 2. The summed E-state index contributed by atoms with van der Waals surface area (Å²) in [5.74, 6) is 1.08. The van der Waals surface area contributed by atoms with E-state index in [0.717, 1.165) is 17.7 Å². The van der Waals surface area contributed by atoms with Crippen LogP contribution < -0.4 is 11.5 Å². The van der Waals surface area contributed by atoms with Crippen molar-refractivity contribution < 1.29 is 0 Å². The Kier molecular flexibility index (Phi) is 5.78. The smallest absolute Gasteiger partial charge is 0.0271 e. The van der Waals surface area contributed by atoms with Gasteiger partial charge in [0.15, 0.2) is 0 Å². The van der Waals surface area contributed by atoms with Crippen molar-refractivity contribution in [3.8, 4) is 0 Å². The number of thioether (sulfide) groups is 1. The van der Waals surface area contributed by atoms with Gasteiger partial charge in [-0.2, -0.15) is 11.8 Å². The van der Waals surface area contributed by atoms with Crippen molar-refractivity contribution in [3.05, 3.63) is 12.2 Å². The van der Waals surface area contributed by atoms with Gasteiger partial charge in [0.1, 0.15) is 0 Å². The van der Waals surface area contributed by atoms with Crippen LogP contribution in [0.15, 0.2) is 12.2 Å². The van der Waals surface area contributed by atoms with E-state index in [4.69, 9.17) is 11.5 Å². The van der Waals surface area contributed by atoms with Crippen molar-refractivity contribution in [3.63, 3.8) is 0 Å². The lowest BCUT2D eigenvalue weighted by Crippen LogP contribution is -2.26. The quantitative estimate of drug-likeness (QED) is 0.578. The van der Waals surface area contributed by atoms with Crippen molar-refractivity contribution in [2.45, 2.75) is 12.5 Å². The SMILES string of the molecule is C=C(CN)[C@@H](N)CCSC. The highest BCUT2D eigenvalue weighted by atomic mass is 32.2. The fourth-order valence-electron chi connectivity index (χ4n) is 0.600. The van der Waals surface area contributed by atoms with Crippen LogP contribution in [0.25, 0.3) is 0 Å². The molecule has 4 N–H and O–H groups in total. The minimum Gasteiger partial charge on any atom is -0.327 e. The zero-order valence-corrected chi connectivity index (χ0v) is 7.29. The number of hydrogen-bond donors (Lipinski definition) is 2. The lowest BCUT2D eigenvalue weighted by molar-refractivity contribution is 0.733. The van der Waals surface area contributed by atoms with Crippen LogP contribution in [0.3, 0.4) is 0 Å². The second-order valence-electron chi connectivity index (χ2n) is 2.25. The van der Waals surface area contributed by atoms with E-state index in [1.54, 1.807) is 11.8 Å². The second kappa shape index (κ2) is 5.77. The van der Waals surface area contributed by atoms with Crippen LogP contribution in [-0.4, -0.2) is 24.6 Å². The molecule has 0 bridgehead atoms. The van der Waals surface area contributed by atoms with E-state index in [2.05, 4.69) is 12.8 Å². The minimum absolute atomic E-state index is 0.0949. The first-order valence-corrected chi connectivity index (χ1v) is 4.74. The first kappa shape index (κ1) is 10.0. The molecule has 60 valence electrons. The van der Waals surface area contributed by atoms with Crippen LogP contribution in [0.5, 0.6) is 0 Å². The maximum absolute atomic E-state index is 5.72. The summed E-state index contributed by atoms with van der Waals surface area (Å²) in [5, 5.41) is 0. The molecule has 0 aliphatic carbocycles. The second-order valence-corrected chi connectivity index (χ2v) is 3.24. The van der Waals surface area contributed by atoms with Crippen LogP contribution >= 0.6 is 11.8 Å². The third kappa shape index (κ3) is 3.93. The molecule has 2 nitrogen and oxygen atoms in total. The molecule has 10 heavy (non-hydrogen) atoms. The topological polar surface area (TPSA) is 52.0 Å². The molecular weight excluding hydrogens is 144 g/mol. The van der Waals surface area contributed by atoms with Crippen LogP contribution in [0.4, 0.5) is 0 Å². The Balaban J connectivity index is 3.41. The van der Waals surface area contributed by atoms with Gasteiger partial charge in [0.2, 0.25) is 0 Å². The van der Waals surface area contributed by atoms with E-state index in [0.29, 0.717) is 6.54 Å². The predicted molar refractivity (Wildman–Crippen MR) is 49.2 cm³/mol. The maximum atomic E-state index is 5.72. The molecule has 0 spiro atoms. The lowest BCUT2D eigenvalue weighted by Gasteiger charge is -2.11. The molecule has 0 radical (unpaired) electrons. The molecule has 0 heterocycles. The average Bonchev–Trinajstić information content (AvgIpc) is 1.98. The lowest BCUT2D eigenvalue weighted by atomic mass is 10.1. The zero-order chi connectivity index (χ0) is 7.98. The van der Waals surface area contributed by atoms with Crippen molar-refractivity contribution in [2.24, 2.45) is 11.5 Å². The molecule has 0 aromatic heterocycles. The third-order valence-electron chi connectivity index (χ3n) is 1.42. The molecule has 0 unspecified atom stereocenters. The van der Waals surface area contributed by atoms with Gasteiger partial charge in [0.05, 0.1) is 0 Å². The van der Waals surface area contributed by atoms with E-state index in [9.17, 15) is 0 Å². The van der Waals surface area contributed by atoms with E-state index in [1.165, 1.54) is 0 Å². The Morgan fingerprint density at radius 2 is 2.30 bits per heavy atom. The molecule has 1 atom stereocenters. The van der Waals surface area contributed by atoms with Gasteiger partial charge in [0.25, 0.3) is 0 Å². The van der Waals surface area contributed by atoms with Crippen LogP contribution in [0, 0.1) is 0 Å². The molecule has 0 amide bonds. The maximum Gasteiger partial charge on any atom is 0.0271 e.